The molecule has 3 rings (SSSR count). The number of aryl methyl sites for hydroxylation is 1. The highest BCUT2D eigenvalue weighted by Crippen LogP contribution is 2.24. The highest BCUT2D eigenvalue weighted by Gasteiger charge is 2.25. The van der Waals surface area contributed by atoms with Gasteiger partial charge in [-0.2, -0.15) is 0 Å². The number of thioether (sulfide) groups is 1. The molecule has 4 heteroatoms. The van der Waals surface area contributed by atoms with Gasteiger partial charge in [-0.05, 0) is 24.5 Å². The summed E-state index contributed by atoms with van der Waals surface area (Å²) in [5.41, 5.74) is 2.38. The van der Waals surface area contributed by atoms with Crippen molar-refractivity contribution in [2.75, 3.05) is 12.3 Å². The lowest BCUT2D eigenvalue weighted by molar-refractivity contribution is -0.126. The van der Waals surface area contributed by atoms with Gasteiger partial charge in [0.2, 0.25) is 5.91 Å². The molecule has 0 aliphatic carbocycles. The smallest absolute Gasteiger partial charge is 0.228 e. The summed E-state index contributed by atoms with van der Waals surface area (Å²) >= 11 is 1.68. The van der Waals surface area contributed by atoms with Crippen LogP contribution in [0.5, 0.6) is 0 Å². The van der Waals surface area contributed by atoms with E-state index in [9.17, 15) is 4.79 Å². The molecule has 1 aliphatic rings. The van der Waals surface area contributed by atoms with E-state index in [0.717, 1.165) is 23.9 Å². The summed E-state index contributed by atoms with van der Waals surface area (Å²) in [6.45, 7) is 2.84. The number of hydrogen-bond donors (Lipinski definition) is 0. The zero-order chi connectivity index (χ0) is 16.8. The molecule has 0 spiro atoms. The van der Waals surface area contributed by atoms with Crippen LogP contribution in [0.2, 0.25) is 0 Å². The van der Waals surface area contributed by atoms with Crippen LogP contribution in [0.15, 0.2) is 65.7 Å². The second-order valence-electron chi connectivity index (χ2n) is 5.88. The molecule has 1 fully saturated rings. The molecule has 1 amide bonds. The van der Waals surface area contributed by atoms with Crippen molar-refractivity contribution in [3.63, 3.8) is 0 Å². The van der Waals surface area contributed by atoms with E-state index < -0.39 is 0 Å². The zero-order valence-electron chi connectivity index (χ0n) is 13.9. The Bertz CT molecular complexity index is 700. The summed E-state index contributed by atoms with van der Waals surface area (Å²) < 4.78 is 0. The molecule has 0 unspecified atom stereocenters. The van der Waals surface area contributed by atoms with Crippen LogP contribution in [-0.2, 0) is 11.2 Å². The van der Waals surface area contributed by atoms with Crippen LogP contribution in [0.25, 0.3) is 0 Å². The number of carbonyl (C=O) groups excluding carboxylic acids is 1. The van der Waals surface area contributed by atoms with Gasteiger partial charge in [0.25, 0.3) is 0 Å². The molecule has 24 heavy (non-hydrogen) atoms. The number of carbonyl (C=O) groups is 1. The van der Waals surface area contributed by atoms with E-state index in [1.807, 2.05) is 41.3 Å². The molecule has 124 valence electrons. The van der Waals surface area contributed by atoms with Crippen LogP contribution in [-0.4, -0.2) is 28.3 Å². The molecule has 1 saturated heterocycles. The lowest BCUT2D eigenvalue weighted by Crippen LogP contribution is -2.32. The maximum Gasteiger partial charge on any atom is 0.228 e. The van der Waals surface area contributed by atoms with E-state index >= 15 is 0 Å². The van der Waals surface area contributed by atoms with Gasteiger partial charge in [-0.15, -0.1) is 0 Å². The summed E-state index contributed by atoms with van der Waals surface area (Å²) in [7, 11) is 0. The van der Waals surface area contributed by atoms with Crippen molar-refractivity contribution in [1.29, 1.82) is 0 Å². The number of benzene rings is 2. The van der Waals surface area contributed by atoms with E-state index in [-0.39, 0.29) is 11.9 Å². The van der Waals surface area contributed by atoms with Gasteiger partial charge in [0.1, 0.15) is 0 Å². The first-order chi connectivity index (χ1) is 11.7. The second kappa shape index (κ2) is 8.15. The third-order valence-electron chi connectivity index (χ3n) is 4.13. The second-order valence-corrected chi connectivity index (χ2v) is 6.94. The minimum Gasteiger partial charge on any atom is -0.291 e. The summed E-state index contributed by atoms with van der Waals surface area (Å²) in [5.74, 6) is 1.10. The van der Waals surface area contributed by atoms with Crippen molar-refractivity contribution >= 4 is 22.8 Å². The summed E-state index contributed by atoms with van der Waals surface area (Å²) in [6.07, 6.45) is 1.31. The Labute approximate surface area is 147 Å². The average molecular weight is 338 g/mol. The molecule has 0 aromatic heterocycles. The number of nitrogens with zero attached hydrogens (tertiary/aromatic N) is 2. The lowest BCUT2D eigenvalue weighted by atomic mass is 10.1. The van der Waals surface area contributed by atoms with Crippen LogP contribution in [0, 0.1) is 0 Å². The highest BCUT2D eigenvalue weighted by atomic mass is 32.2. The molecule has 1 heterocycles. The number of amides is 1. The molecule has 1 aliphatic heterocycles. The van der Waals surface area contributed by atoms with Crippen molar-refractivity contribution < 1.29 is 4.79 Å². The standard InChI is InChI=1S/C20H22N2OS/c1-16(18-10-6-3-7-11-18)21-20-22(14-15-24-20)19(23)13-12-17-8-4-2-5-9-17/h2-11,16H,12-15H2,1H3/t16-/m1/s1. The summed E-state index contributed by atoms with van der Waals surface area (Å²) in [6, 6.07) is 20.4. The van der Waals surface area contributed by atoms with E-state index in [4.69, 9.17) is 4.99 Å². The minimum atomic E-state index is 0.0659. The summed E-state index contributed by atoms with van der Waals surface area (Å²) in [5, 5.41) is 0.865. The third kappa shape index (κ3) is 4.26. The van der Waals surface area contributed by atoms with Crippen molar-refractivity contribution in [1.82, 2.24) is 4.90 Å². The monoisotopic (exact) mass is 338 g/mol. The number of amidine groups is 1. The van der Waals surface area contributed by atoms with Gasteiger partial charge in [0.05, 0.1) is 6.04 Å². The quantitative estimate of drug-likeness (QED) is 0.814. The van der Waals surface area contributed by atoms with Crippen molar-refractivity contribution in [2.45, 2.75) is 25.8 Å². The van der Waals surface area contributed by atoms with Crippen LogP contribution in [0.1, 0.15) is 30.5 Å². The minimum absolute atomic E-state index is 0.0659. The Morgan fingerprint density at radius 3 is 2.50 bits per heavy atom. The van der Waals surface area contributed by atoms with Gasteiger partial charge >= 0.3 is 0 Å². The molecule has 1 atom stereocenters. The molecule has 0 N–H and O–H groups in total. The lowest BCUT2D eigenvalue weighted by Gasteiger charge is -2.17. The fourth-order valence-electron chi connectivity index (χ4n) is 2.74. The third-order valence-corrected chi connectivity index (χ3v) is 5.11. The fourth-order valence-corrected chi connectivity index (χ4v) is 3.78. The molecule has 0 saturated carbocycles. The normalized spacial score (nSPS) is 17.2. The van der Waals surface area contributed by atoms with Crippen LogP contribution < -0.4 is 0 Å². The largest absolute Gasteiger partial charge is 0.291 e. The van der Waals surface area contributed by atoms with E-state index in [1.54, 1.807) is 11.8 Å². The first-order valence-electron chi connectivity index (χ1n) is 8.34. The molecular formula is C20H22N2OS. The predicted molar refractivity (Wildman–Crippen MR) is 101 cm³/mol. The molecule has 3 nitrogen and oxygen atoms in total. The fraction of sp³-hybridized carbons (Fsp3) is 0.300. The molecular weight excluding hydrogens is 316 g/mol. The first-order valence-corrected chi connectivity index (χ1v) is 9.32. The van der Waals surface area contributed by atoms with E-state index in [2.05, 4.69) is 31.2 Å². The molecule has 2 aromatic rings. The van der Waals surface area contributed by atoms with Gasteiger partial charge in [0.15, 0.2) is 5.17 Å². The maximum absolute atomic E-state index is 12.6. The topological polar surface area (TPSA) is 32.7 Å². The Balaban J connectivity index is 1.64. The Kier molecular flexibility index (Phi) is 5.70. The molecule has 0 bridgehead atoms. The number of hydrogen-bond acceptors (Lipinski definition) is 3. The molecule has 2 aromatic carbocycles. The number of rotatable bonds is 5. The molecule has 0 radical (unpaired) electrons. The Morgan fingerprint density at radius 2 is 1.79 bits per heavy atom. The Morgan fingerprint density at radius 1 is 1.12 bits per heavy atom. The van der Waals surface area contributed by atoms with Crippen LogP contribution >= 0.6 is 11.8 Å². The highest BCUT2D eigenvalue weighted by molar-refractivity contribution is 8.14. The zero-order valence-corrected chi connectivity index (χ0v) is 14.7. The first kappa shape index (κ1) is 16.8. The van der Waals surface area contributed by atoms with Crippen molar-refractivity contribution in [3.8, 4) is 0 Å². The number of aliphatic imine (C=N–C) groups is 1. The predicted octanol–water partition coefficient (Wildman–Crippen LogP) is 4.31. The van der Waals surface area contributed by atoms with Gasteiger partial charge in [-0.25, -0.2) is 0 Å². The van der Waals surface area contributed by atoms with Gasteiger partial charge in [-0.3, -0.25) is 14.7 Å². The SMILES string of the molecule is C[C@@H](N=C1SCCN1C(=O)CCc1ccccc1)c1ccccc1. The van der Waals surface area contributed by atoms with Crippen molar-refractivity contribution in [3.05, 3.63) is 71.8 Å². The Hall–Kier alpha value is -2.07. The summed E-state index contributed by atoms with van der Waals surface area (Å²) in [4.78, 5) is 19.2. The van der Waals surface area contributed by atoms with E-state index in [1.165, 1.54) is 11.1 Å². The van der Waals surface area contributed by atoms with Gasteiger partial charge in [0, 0.05) is 18.7 Å². The average Bonchev–Trinajstić information content (AvgIpc) is 3.09. The maximum atomic E-state index is 12.6. The van der Waals surface area contributed by atoms with E-state index in [0.29, 0.717) is 6.42 Å². The van der Waals surface area contributed by atoms with Crippen LogP contribution in [0.4, 0.5) is 0 Å². The van der Waals surface area contributed by atoms with Crippen molar-refractivity contribution in [2.24, 2.45) is 4.99 Å². The van der Waals surface area contributed by atoms with Crippen LogP contribution in [0.3, 0.4) is 0 Å². The van der Waals surface area contributed by atoms with Gasteiger partial charge < -0.3 is 0 Å². The van der Waals surface area contributed by atoms with Gasteiger partial charge in [-0.1, -0.05) is 72.4 Å².